The lowest BCUT2D eigenvalue weighted by atomic mass is 10.1. The van der Waals surface area contributed by atoms with Crippen molar-refractivity contribution in [3.63, 3.8) is 0 Å². The van der Waals surface area contributed by atoms with Gasteiger partial charge in [-0.25, -0.2) is 9.97 Å². The van der Waals surface area contributed by atoms with E-state index in [2.05, 4.69) is 10.3 Å². The van der Waals surface area contributed by atoms with Crippen molar-refractivity contribution in [2.24, 2.45) is 0 Å². The molecule has 1 N–H and O–H groups in total. The van der Waals surface area contributed by atoms with E-state index in [0.29, 0.717) is 11.5 Å². The highest BCUT2D eigenvalue weighted by atomic mass is 35.5. The number of benzene rings is 3. The van der Waals surface area contributed by atoms with E-state index >= 15 is 0 Å². The van der Waals surface area contributed by atoms with E-state index in [-0.39, 0.29) is 0 Å². The van der Waals surface area contributed by atoms with Gasteiger partial charge in [-0.3, -0.25) is 4.79 Å². The lowest BCUT2D eigenvalue weighted by Gasteiger charge is -2.10. The highest BCUT2D eigenvalue weighted by Gasteiger charge is 2.10. The molecule has 0 aliphatic rings. The van der Waals surface area contributed by atoms with Gasteiger partial charge in [-0.05, 0) is 41.9 Å². The van der Waals surface area contributed by atoms with E-state index in [9.17, 15) is 4.79 Å². The molecule has 0 amide bonds. The van der Waals surface area contributed by atoms with Crippen LogP contribution in [0.4, 0.5) is 11.6 Å². The Kier molecular flexibility index (Phi) is 4.33. The number of nitrogens with one attached hydrogen (secondary N) is 1. The first kappa shape index (κ1) is 16.2. The SMILES string of the molecule is O=C(Cl)c1ccc(Nc2nc(-c3ccccc3)c3ccccc3n2)cc1. The van der Waals surface area contributed by atoms with Gasteiger partial charge in [0.15, 0.2) is 0 Å². The lowest BCUT2D eigenvalue weighted by Crippen LogP contribution is -2.00. The first-order chi connectivity index (χ1) is 12.7. The average molecular weight is 360 g/mol. The summed E-state index contributed by atoms with van der Waals surface area (Å²) in [6.45, 7) is 0. The van der Waals surface area contributed by atoms with Crippen LogP contribution in [-0.2, 0) is 0 Å². The second-order valence-electron chi connectivity index (χ2n) is 5.76. The second kappa shape index (κ2) is 6.94. The predicted molar refractivity (Wildman–Crippen MR) is 105 cm³/mol. The minimum Gasteiger partial charge on any atom is -0.324 e. The molecule has 0 fully saturated rings. The fourth-order valence-electron chi connectivity index (χ4n) is 2.76. The van der Waals surface area contributed by atoms with Crippen LogP contribution in [0.15, 0.2) is 78.9 Å². The Morgan fingerprint density at radius 1 is 0.808 bits per heavy atom. The fraction of sp³-hybridized carbons (Fsp3) is 0. The number of carbonyl (C=O) groups is 1. The van der Waals surface area contributed by atoms with Crippen molar-refractivity contribution in [3.8, 4) is 11.3 Å². The van der Waals surface area contributed by atoms with E-state index in [4.69, 9.17) is 16.6 Å². The van der Waals surface area contributed by atoms with Gasteiger partial charge in [-0.1, -0.05) is 48.5 Å². The first-order valence-corrected chi connectivity index (χ1v) is 8.47. The van der Waals surface area contributed by atoms with Crippen molar-refractivity contribution < 1.29 is 4.79 Å². The van der Waals surface area contributed by atoms with Crippen molar-refractivity contribution in [2.45, 2.75) is 0 Å². The number of carbonyl (C=O) groups excluding carboxylic acids is 1. The van der Waals surface area contributed by atoms with Crippen LogP contribution in [0.25, 0.3) is 22.2 Å². The maximum Gasteiger partial charge on any atom is 0.252 e. The summed E-state index contributed by atoms with van der Waals surface area (Å²) in [4.78, 5) is 20.5. The van der Waals surface area contributed by atoms with Crippen LogP contribution in [0.5, 0.6) is 0 Å². The molecule has 0 atom stereocenters. The fourth-order valence-corrected chi connectivity index (χ4v) is 2.89. The van der Waals surface area contributed by atoms with Crippen LogP contribution in [0.1, 0.15) is 10.4 Å². The molecule has 0 aliphatic heterocycles. The molecule has 0 bridgehead atoms. The van der Waals surface area contributed by atoms with Gasteiger partial charge in [-0.15, -0.1) is 0 Å². The largest absolute Gasteiger partial charge is 0.324 e. The number of hydrogen-bond acceptors (Lipinski definition) is 4. The zero-order valence-electron chi connectivity index (χ0n) is 13.7. The minimum atomic E-state index is -0.482. The van der Waals surface area contributed by atoms with Gasteiger partial charge in [0, 0.05) is 22.2 Å². The zero-order valence-corrected chi connectivity index (χ0v) is 14.4. The number of nitrogens with zero attached hydrogens (tertiary/aromatic N) is 2. The Labute approximate surface area is 155 Å². The highest BCUT2D eigenvalue weighted by Crippen LogP contribution is 2.28. The number of rotatable bonds is 4. The third-order valence-corrected chi connectivity index (χ3v) is 4.24. The van der Waals surface area contributed by atoms with Crippen molar-refractivity contribution in [1.82, 2.24) is 9.97 Å². The number of aromatic nitrogens is 2. The van der Waals surface area contributed by atoms with E-state index in [1.54, 1.807) is 24.3 Å². The molecule has 26 heavy (non-hydrogen) atoms. The maximum atomic E-state index is 11.2. The number of hydrogen-bond donors (Lipinski definition) is 1. The van der Waals surface area contributed by atoms with Gasteiger partial charge in [0.05, 0.1) is 11.2 Å². The Hall–Kier alpha value is -3.24. The van der Waals surface area contributed by atoms with Crippen LogP contribution in [-0.4, -0.2) is 15.2 Å². The molecule has 0 saturated carbocycles. The summed E-state index contributed by atoms with van der Waals surface area (Å²) in [5.74, 6) is 0.493. The Morgan fingerprint density at radius 3 is 2.23 bits per heavy atom. The normalized spacial score (nSPS) is 10.7. The molecule has 0 radical (unpaired) electrons. The van der Waals surface area contributed by atoms with Gasteiger partial charge in [0.25, 0.3) is 5.24 Å². The van der Waals surface area contributed by atoms with Crippen LogP contribution in [0, 0.1) is 0 Å². The second-order valence-corrected chi connectivity index (χ2v) is 6.10. The van der Waals surface area contributed by atoms with Crippen LogP contribution >= 0.6 is 11.6 Å². The van der Waals surface area contributed by atoms with Crippen LogP contribution in [0.3, 0.4) is 0 Å². The molecule has 4 aromatic rings. The summed E-state index contributed by atoms with van der Waals surface area (Å²) in [6.07, 6.45) is 0. The van der Waals surface area contributed by atoms with Gasteiger partial charge in [-0.2, -0.15) is 0 Å². The van der Waals surface area contributed by atoms with Crippen molar-refractivity contribution in [1.29, 1.82) is 0 Å². The summed E-state index contributed by atoms with van der Waals surface area (Å²) in [6, 6.07) is 24.8. The number of para-hydroxylation sites is 1. The molecule has 0 aliphatic carbocycles. The summed E-state index contributed by atoms with van der Waals surface area (Å²) >= 11 is 5.49. The van der Waals surface area contributed by atoms with Crippen LogP contribution < -0.4 is 5.32 Å². The molecule has 0 spiro atoms. The quantitative estimate of drug-likeness (QED) is 0.494. The maximum absolute atomic E-state index is 11.2. The Morgan fingerprint density at radius 2 is 1.50 bits per heavy atom. The molecule has 0 saturated heterocycles. The van der Waals surface area contributed by atoms with Crippen molar-refractivity contribution in [2.75, 3.05) is 5.32 Å². The summed E-state index contributed by atoms with van der Waals surface area (Å²) < 4.78 is 0. The third-order valence-electron chi connectivity index (χ3n) is 4.02. The third kappa shape index (κ3) is 3.27. The summed E-state index contributed by atoms with van der Waals surface area (Å²) in [5, 5.41) is 3.71. The molecule has 5 heteroatoms. The van der Waals surface area contributed by atoms with E-state index in [1.807, 2.05) is 54.6 Å². The topological polar surface area (TPSA) is 54.9 Å². The molecular formula is C21H14ClN3O. The zero-order chi connectivity index (χ0) is 17.9. The molecule has 0 unspecified atom stereocenters. The van der Waals surface area contributed by atoms with Gasteiger partial charge in [0.1, 0.15) is 0 Å². The van der Waals surface area contributed by atoms with Crippen LogP contribution in [0.2, 0.25) is 0 Å². The van der Waals surface area contributed by atoms with Crippen molar-refractivity contribution in [3.05, 3.63) is 84.4 Å². The number of fused-ring (bicyclic) bond motifs is 1. The smallest absolute Gasteiger partial charge is 0.252 e. The minimum absolute atomic E-state index is 0.446. The van der Waals surface area contributed by atoms with Gasteiger partial charge >= 0.3 is 0 Å². The Balaban J connectivity index is 1.77. The predicted octanol–water partition coefficient (Wildman–Crippen LogP) is 5.42. The Bertz CT molecular complexity index is 1080. The number of halogens is 1. The number of anilines is 2. The van der Waals surface area contributed by atoms with Crippen molar-refractivity contribution >= 4 is 39.4 Å². The molecule has 4 rings (SSSR count). The monoisotopic (exact) mass is 359 g/mol. The molecule has 1 heterocycles. The molecule has 3 aromatic carbocycles. The standard InChI is InChI=1S/C21H14ClN3O/c22-20(26)15-10-12-16(13-11-15)23-21-24-18-9-5-4-8-17(18)19(25-21)14-6-2-1-3-7-14/h1-13H,(H,23,24,25). The first-order valence-electron chi connectivity index (χ1n) is 8.10. The van der Waals surface area contributed by atoms with E-state index in [1.165, 1.54) is 0 Å². The average Bonchev–Trinajstić information content (AvgIpc) is 2.68. The molecule has 126 valence electrons. The van der Waals surface area contributed by atoms with Gasteiger partial charge < -0.3 is 5.32 Å². The summed E-state index contributed by atoms with van der Waals surface area (Å²) in [5.41, 5.74) is 3.97. The molecular weight excluding hydrogens is 346 g/mol. The highest BCUT2D eigenvalue weighted by molar-refractivity contribution is 6.67. The molecule has 4 nitrogen and oxygen atoms in total. The van der Waals surface area contributed by atoms with Gasteiger partial charge in [0.2, 0.25) is 5.95 Å². The summed E-state index contributed by atoms with van der Waals surface area (Å²) in [7, 11) is 0. The van der Waals surface area contributed by atoms with E-state index < -0.39 is 5.24 Å². The van der Waals surface area contributed by atoms with E-state index in [0.717, 1.165) is 27.8 Å². The lowest BCUT2D eigenvalue weighted by molar-refractivity contribution is 0.108. The molecule has 1 aromatic heterocycles.